The number of benzene rings is 2. The molecule has 172 valence electrons. The van der Waals surface area contributed by atoms with Crippen LogP contribution >= 0.6 is 0 Å². The molecule has 1 aromatic heterocycles. The third-order valence-corrected chi connectivity index (χ3v) is 5.51. The Morgan fingerprint density at radius 3 is 2.58 bits per heavy atom. The second-order valence-corrected chi connectivity index (χ2v) is 8.13. The highest BCUT2D eigenvalue weighted by molar-refractivity contribution is 5.95. The number of rotatable bonds is 12. The number of aromatic amines is 1. The van der Waals surface area contributed by atoms with Crippen LogP contribution in [0.3, 0.4) is 0 Å². The number of H-pyrrole nitrogens is 1. The van der Waals surface area contributed by atoms with E-state index < -0.39 is 12.5 Å². The summed E-state index contributed by atoms with van der Waals surface area (Å²) < 4.78 is 23.8. The highest BCUT2D eigenvalue weighted by atomic mass is 16.5. The molecule has 4 rings (SSSR count). The van der Waals surface area contributed by atoms with E-state index in [1.54, 1.807) is 48.8 Å². The van der Waals surface area contributed by atoms with Gasteiger partial charge < -0.3 is 14.7 Å². The van der Waals surface area contributed by atoms with E-state index in [-0.39, 0.29) is 18.4 Å². The fraction of sp³-hybridized carbons (Fsp3) is 0.346. The smallest absolute Gasteiger partial charge is 0.303 e. The van der Waals surface area contributed by atoms with Crippen LogP contribution in [0.25, 0.3) is 11.1 Å². The maximum Gasteiger partial charge on any atom is 0.303 e. The summed E-state index contributed by atoms with van der Waals surface area (Å²) in [5, 5.41) is 15.5. The van der Waals surface area contributed by atoms with Crippen molar-refractivity contribution in [3.63, 3.8) is 0 Å². The van der Waals surface area contributed by atoms with Gasteiger partial charge in [0.05, 0.1) is 15.5 Å². The number of ether oxygens (including phenoxy) is 1. The van der Waals surface area contributed by atoms with Crippen LogP contribution in [0.5, 0.6) is 5.75 Å². The number of amides is 1. The van der Waals surface area contributed by atoms with Gasteiger partial charge in [-0.05, 0) is 55.9 Å². The van der Waals surface area contributed by atoms with E-state index >= 15 is 0 Å². The van der Waals surface area contributed by atoms with E-state index in [0.29, 0.717) is 42.7 Å². The first-order chi connectivity index (χ1) is 16.9. The summed E-state index contributed by atoms with van der Waals surface area (Å²) in [5.41, 5.74) is 2.55. The SMILES string of the molecule is [2H]C([2H])(c1ccccc1OCCCCCC(=O)O)N(C(=O)c1ccc(-c2cn[nH]c2)cc1)C1CC1. The van der Waals surface area contributed by atoms with Crippen LogP contribution in [0, 0.1) is 0 Å². The molecule has 1 amide bonds. The highest BCUT2D eigenvalue weighted by Gasteiger charge is 2.33. The van der Waals surface area contributed by atoms with Gasteiger partial charge >= 0.3 is 5.97 Å². The van der Waals surface area contributed by atoms with E-state index in [9.17, 15) is 9.59 Å². The lowest BCUT2D eigenvalue weighted by molar-refractivity contribution is -0.137. The number of carbonyl (C=O) groups excluding carboxylic acids is 1. The molecule has 1 fully saturated rings. The molecule has 2 aromatic carbocycles. The monoisotopic (exact) mass is 449 g/mol. The zero-order valence-corrected chi connectivity index (χ0v) is 18.4. The molecule has 0 unspecified atom stereocenters. The largest absolute Gasteiger partial charge is 0.493 e. The van der Waals surface area contributed by atoms with Crippen LogP contribution in [0.4, 0.5) is 0 Å². The number of para-hydroxylation sites is 1. The summed E-state index contributed by atoms with van der Waals surface area (Å²) in [4.78, 5) is 25.5. The summed E-state index contributed by atoms with van der Waals surface area (Å²) in [5.74, 6) is -0.783. The van der Waals surface area contributed by atoms with Crippen molar-refractivity contribution >= 4 is 11.9 Å². The maximum absolute atomic E-state index is 13.5. The molecule has 0 atom stereocenters. The molecule has 1 aliphatic carbocycles. The van der Waals surface area contributed by atoms with Crippen molar-refractivity contribution in [1.82, 2.24) is 15.1 Å². The minimum atomic E-state index is -2.07. The third kappa shape index (κ3) is 6.22. The van der Waals surface area contributed by atoms with Crippen LogP contribution < -0.4 is 4.74 Å². The summed E-state index contributed by atoms with van der Waals surface area (Å²) in [6.45, 7) is -1.72. The Morgan fingerprint density at radius 1 is 1.09 bits per heavy atom. The quantitative estimate of drug-likeness (QED) is 0.383. The molecule has 1 saturated carbocycles. The molecule has 2 N–H and O–H groups in total. The van der Waals surface area contributed by atoms with Crippen molar-refractivity contribution in [1.29, 1.82) is 0 Å². The zero-order chi connectivity index (χ0) is 24.8. The van der Waals surface area contributed by atoms with Crippen LogP contribution in [0.2, 0.25) is 0 Å². The van der Waals surface area contributed by atoms with Crippen molar-refractivity contribution in [3.8, 4) is 16.9 Å². The molecule has 1 aliphatic rings. The molecular formula is C26H29N3O4. The van der Waals surface area contributed by atoms with Crippen LogP contribution in [0.15, 0.2) is 60.9 Å². The lowest BCUT2D eigenvalue weighted by Crippen LogP contribution is -2.32. The van der Waals surface area contributed by atoms with Crippen molar-refractivity contribution < 1.29 is 22.2 Å². The highest BCUT2D eigenvalue weighted by Crippen LogP contribution is 2.32. The Balaban J connectivity index is 1.50. The fourth-order valence-electron chi connectivity index (χ4n) is 3.55. The second-order valence-electron chi connectivity index (χ2n) is 8.13. The van der Waals surface area contributed by atoms with Gasteiger partial charge in [-0.1, -0.05) is 30.3 Å². The number of hydrogen-bond acceptors (Lipinski definition) is 4. The van der Waals surface area contributed by atoms with Gasteiger partial charge in [0.1, 0.15) is 5.75 Å². The summed E-state index contributed by atoms with van der Waals surface area (Å²) in [6.07, 6.45) is 7.06. The number of aromatic nitrogens is 2. The van der Waals surface area contributed by atoms with Gasteiger partial charge in [0.2, 0.25) is 0 Å². The molecule has 3 aromatic rings. The number of carboxylic acids is 1. The first kappa shape index (κ1) is 20.0. The Kier molecular flexibility index (Phi) is 6.56. The van der Waals surface area contributed by atoms with Crippen LogP contribution in [0.1, 0.15) is 57.2 Å². The molecule has 0 radical (unpaired) electrons. The van der Waals surface area contributed by atoms with E-state index in [1.165, 1.54) is 4.90 Å². The Morgan fingerprint density at radius 2 is 1.88 bits per heavy atom. The van der Waals surface area contributed by atoms with Gasteiger partial charge in [-0.3, -0.25) is 14.7 Å². The number of carbonyl (C=O) groups is 2. The Bertz CT molecular complexity index is 1150. The van der Waals surface area contributed by atoms with Gasteiger partial charge in [-0.2, -0.15) is 5.10 Å². The van der Waals surface area contributed by atoms with E-state index in [2.05, 4.69) is 10.2 Å². The van der Waals surface area contributed by atoms with E-state index in [0.717, 1.165) is 24.0 Å². The number of unbranched alkanes of at least 4 members (excludes halogenated alkanes) is 2. The van der Waals surface area contributed by atoms with Crippen LogP contribution in [-0.2, 0) is 11.3 Å². The molecule has 0 bridgehead atoms. The minimum Gasteiger partial charge on any atom is -0.493 e. The van der Waals surface area contributed by atoms with Gasteiger partial charge in [0.15, 0.2) is 0 Å². The number of aliphatic carboxylic acids is 1. The number of carboxylic acid groups (broad SMARTS) is 1. The van der Waals surface area contributed by atoms with E-state index in [1.807, 2.05) is 12.1 Å². The lowest BCUT2D eigenvalue weighted by Gasteiger charge is -2.24. The summed E-state index contributed by atoms with van der Waals surface area (Å²) >= 11 is 0. The Hall–Kier alpha value is -3.61. The van der Waals surface area contributed by atoms with Crippen molar-refractivity contribution in [2.75, 3.05) is 6.61 Å². The van der Waals surface area contributed by atoms with Crippen molar-refractivity contribution in [2.24, 2.45) is 0 Å². The van der Waals surface area contributed by atoms with Crippen molar-refractivity contribution in [2.45, 2.75) is 51.1 Å². The zero-order valence-electron chi connectivity index (χ0n) is 20.4. The third-order valence-electron chi connectivity index (χ3n) is 5.51. The predicted octanol–water partition coefficient (Wildman–Crippen LogP) is 4.91. The summed E-state index contributed by atoms with van der Waals surface area (Å²) in [7, 11) is 0. The molecule has 33 heavy (non-hydrogen) atoms. The average Bonchev–Trinajstić information content (AvgIpc) is 3.51. The lowest BCUT2D eigenvalue weighted by atomic mass is 10.1. The normalized spacial score (nSPS) is 14.3. The van der Waals surface area contributed by atoms with Gasteiger partial charge in [0.25, 0.3) is 5.91 Å². The first-order valence-corrected chi connectivity index (χ1v) is 11.2. The maximum atomic E-state index is 13.5. The molecule has 1 heterocycles. The standard InChI is InChI=1S/C26H29N3O4/c30-25(31)8-2-1-5-15-33-24-7-4-3-6-21(24)18-29(23-13-14-23)26(32)20-11-9-19(10-12-20)22-16-27-28-17-22/h3-4,6-7,9-12,16-17,23H,1-2,5,8,13-15,18H2,(H,27,28)(H,30,31)/i18D2. The molecular weight excluding hydrogens is 418 g/mol. The topological polar surface area (TPSA) is 95.5 Å². The molecule has 7 nitrogen and oxygen atoms in total. The first-order valence-electron chi connectivity index (χ1n) is 12.2. The molecule has 0 aliphatic heterocycles. The molecule has 0 saturated heterocycles. The van der Waals surface area contributed by atoms with Gasteiger partial charge in [-0.25, -0.2) is 0 Å². The molecule has 7 heteroatoms. The predicted molar refractivity (Wildman–Crippen MR) is 125 cm³/mol. The number of nitrogens with one attached hydrogen (secondary N) is 1. The second kappa shape index (κ2) is 10.8. The summed E-state index contributed by atoms with van der Waals surface area (Å²) in [6, 6.07) is 13.8. The van der Waals surface area contributed by atoms with Gasteiger partial charge in [0, 0.05) is 41.8 Å². The van der Waals surface area contributed by atoms with E-state index in [4.69, 9.17) is 12.6 Å². The average molecular weight is 450 g/mol. The molecule has 0 spiro atoms. The minimum absolute atomic E-state index is 0.126. The van der Waals surface area contributed by atoms with Crippen molar-refractivity contribution in [3.05, 3.63) is 72.1 Å². The fourth-order valence-corrected chi connectivity index (χ4v) is 3.55. The number of hydrogen-bond donors (Lipinski definition) is 2. The Labute approximate surface area is 196 Å². The van der Waals surface area contributed by atoms with Gasteiger partial charge in [-0.15, -0.1) is 0 Å². The van der Waals surface area contributed by atoms with Crippen LogP contribution in [-0.4, -0.2) is 44.7 Å². The number of nitrogens with zero attached hydrogens (tertiary/aromatic N) is 2.